The van der Waals surface area contributed by atoms with E-state index in [1.165, 1.54) is 34.4 Å². The van der Waals surface area contributed by atoms with E-state index < -0.39 is 11.7 Å². The van der Waals surface area contributed by atoms with Crippen LogP contribution in [0.15, 0.2) is 66.7 Å². The molecule has 0 unspecified atom stereocenters. The standard InChI is InChI=1S/C20H13F3/c21-20(22,23)17-9-7-13(8-10-17)14-5-6-16-11-15-3-1-2-4-18(15)19(16)12-14/h1-10,12H,11H2. The first-order valence-electron chi connectivity index (χ1n) is 7.41. The van der Waals surface area contributed by atoms with Crippen LogP contribution in [0.5, 0.6) is 0 Å². The molecule has 0 saturated heterocycles. The Hall–Kier alpha value is -2.55. The molecule has 0 spiro atoms. The van der Waals surface area contributed by atoms with Crippen molar-refractivity contribution in [1.82, 2.24) is 0 Å². The van der Waals surface area contributed by atoms with Gasteiger partial charge in [0, 0.05) is 0 Å². The molecule has 4 rings (SSSR count). The summed E-state index contributed by atoms with van der Waals surface area (Å²) in [6.45, 7) is 0. The Morgan fingerprint density at radius 3 is 2.04 bits per heavy atom. The predicted molar refractivity (Wildman–Crippen MR) is 85.1 cm³/mol. The average molecular weight is 310 g/mol. The summed E-state index contributed by atoms with van der Waals surface area (Å²) in [5.74, 6) is 0. The summed E-state index contributed by atoms with van der Waals surface area (Å²) in [7, 11) is 0. The summed E-state index contributed by atoms with van der Waals surface area (Å²) in [5, 5.41) is 0. The number of fused-ring (bicyclic) bond motifs is 3. The summed E-state index contributed by atoms with van der Waals surface area (Å²) >= 11 is 0. The zero-order valence-electron chi connectivity index (χ0n) is 12.2. The highest BCUT2D eigenvalue weighted by Gasteiger charge is 2.30. The van der Waals surface area contributed by atoms with Crippen LogP contribution in [0.25, 0.3) is 22.3 Å². The average Bonchev–Trinajstić information content (AvgIpc) is 2.92. The minimum Gasteiger partial charge on any atom is -0.166 e. The largest absolute Gasteiger partial charge is 0.416 e. The highest BCUT2D eigenvalue weighted by molar-refractivity contribution is 5.81. The van der Waals surface area contributed by atoms with Gasteiger partial charge in [-0.2, -0.15) is 13.2 Å². The van der Waals surface area contributed by atoms with Crippen LogP contribution in [0.1, 0.15) is 16.7 Å². The van der Waals surface area contributed by atoms with Crippen LogP contribution < -0.4 is 0 Å². The molecule has 0 N–H and O–H groups in total. The number of rotatable bonds is 1. The lowest BCUT2D eigenvalue weighted by Gasteiger charge is -2.09. The van der Waals surface area contributed by atoms with Crippen molar-refractivity contribution < 1.29 is 13.2 Å². The predicted octanol–water partition coefficient (Wildman–Crippen LogP) is 5.94. The highest BCUT2D eigenvalue weighted by atomic mass is 19.4. The molecular formula is C20H13F3. The van der Waals surface area contributed by atoms with E-state index in [1.54, 1.807) is 0 Å². The summed E-state index contributed by atoms with van der Waals surface area (Å²) in [6, 6.07) is 19.7. The second-order valence-corrected chi connectivity index (χ2v) is 5.78. The topological polar surface area (TPSA) is 0 Å². The van der Waals surface area contributed by atoms with Crippen LogP contribution in [-0.2, 0) is 12.6 Å². The van der Waals surface area contributed by atoms with Crippen molar-refractivity contribution in [3.63, 3.8) is 0 Å². The molecule has 23 heavy (non-hydrogen) atoms. The van der Waals surface area contributed by atoms with Gasteiger partial charge in [0.25, 0.3) is 0 Å². The Balaban J connectivity index is 1.75. The van der Waals surface area contributed by atoms with E-state index in [4.69, 9.17) is 0 Å². The molecule has 0 nitrogen and oxygen atoms in total. The van der Waals surface area contributed by atoms with Crippen molar-refractivity contribution >= 4 is 0 Å². The molecule has 0 saturated carbocycles. The zero-order valence-corrected chi connectivity index (χ0v) is 12.2. The first-order valence-corrected chi connectivity index (χ1v) is 7.41. The first-order chi connectivity index (χ1) is 11.0. The van der Waals surface area contributed by atoms with E-state index in [0.717, 1.165) is 29.7 Å². The van der Waals surface area contributed by atoms with Gasteiger partial charge >= 0.3 is 6.18 Å². The Kier molecular flexibility index (Phi) is 3.05. The van der Waals surface area contributed by atoms with E-state index in [0.29, 0.717) is 0 Å². The van der Waals surface area contributed by atoms with Gasteiger partial charge in [0.15, 0.2) is 0 Å². The van der Waals surface area contributed by atoms with Crippen molar-refractivity contribution in [1.29, 1.82) is 0 Å². The molecule has 0 radical (unpaired) electrons. The SMILES string of the molecule is FC(F)(F)c1ccc(-c2ccc3c(c2)-c2ccccc2C3)cc1. The van der Waals surface area contributed by atoms with Crippen molar-refractivity contribution in [2.24, 2.45) is 0 Å². The maximum Gasteiger partial charge on any atom is 0.416 e. The van der Waals surface area contributed by atoms with Gasteiger partial charge in [0.1, 0.15) is 0 Å². The van der Waals surface area contributed by atoms with Crippen LogP contribution >= 0.6 is 0 Å². The number of hydrogen-bond donors (Lipinski definition) is 0. The summed E-state index contributed by atoms with van der Waals surface area (Å²) in [6.07, 6.45) is -3.38. The molecule has 0 heterocycles. The molecule has 0 atom stereocenters. The Morgan fingerprint density at radius 2 is 1.30 bits per heavy atom. The normalized spacial score (nSPS) is 12.8. The highest BCUT2D eigenvalue weighted by Crippen LogP contribution is 2.39. The fourth-order valence-corrected chi connectivity index (χ4v) is 3.15. The minimum absolute atomic E-state index is 0.618. The van der Waals surface area contributed by atoms with Crippen molar-refractivity contribution in [3.8, 4) is 22.3 Å². The number of halogens is 3. The van der Waals surface area contributed by atoms with Gasteiger partial charge in [-0.15, -0.1) is 0 Å². The second-order valence-electron chi connectivity index (χ2n) is 5.78. The summed E-state index contributed by atoms with van der Waals surface area (Å²) < 4.78 is 38.0. The summed E-state index contributed by atoms with van der Waals surface area (Å²) in [4.78, 5) is 0. The van der Waals surface area contributed by atoms with Crippen LogP contribution in [0.2, 0.25) is 0 Å². The molecule has 1 aliphatic rings. The third-order valence-corrected chi connectivity index (χ3v) is 4.34. The van der Waals surface area contributed by atoms with Crippen LogP contribution in [0.3, 0.4) is 0 Å². The third kappa shape index (κ3) is 2.42. The van der Waals surface area contributed by atoms with Crippen LogP contribution in [0, 0.1) is 0 Å². The van der Waals surface area contributed by atoms with Crippen molar-refractivity contribution in [2.75, 3.05) is 0 Å². The molecule has 0 amide bonds. The number of benzene rings is 3. The van der Waals surface area contributed by atoms with Crippen LogP contribution in [-0.4, -0.2) is 0 Å². The molecule has 0 bridgehead atoms. The van der Waals surface area contributed by atoms with Gasteiger partial charge in [0.05, 0.1) is 5.56 Å². The monoisotopic (exact) mass is 310 g/mol. The molecule has 1 aliphatic carbocycles. The quantitative estimate of drug-likeness (QED) is 0.408. The number of alkyl halides is 3. The maximum atomic E-state index is 12.7. The minimum atomic E-state index is -4.30. The van der Waals surface area contributed by atoms with E-state index in [2.05, 4.69) is 24.3 Å². The van der Waals surface area contributed by atoms with Gasteiger partial charge in [-0.25, -0.2) is 0 Å². The lowest BCUT2D eigenvalue weighted by atomic mass is 9.98. The second kappa shape index (κ2) is 4.98. The third-order valence-electron chi connectivity index (χ3n) is 4.34. The van der Waals surface area contributed by atoms with Gasteiger partial charge in [-0.1, -0.05) is 48.5 Å². The first kappa shape index (κ1) is 14.1. The molecule has 0 aromatic heterocycles. The smallest absolute Gasteiger partial charge is 0.166 e. The Morgan fingerprint density at radius 1 is 0.652 bits per heavy atom. The molecule has 3 aromatic rings. The van der Waals surface area contributed by atoms with E-state index >= 15 is 0 Å². The Labute approximate surface area is 132 Å². The molecule has 3 aromatic carbocycles. The lowest BCUT2D eigenvalue weighted by Crippen LogP contribution is -2.03. The fraction of sp³-hybridized carbons (Fsp3) is 0.100. The zero-order chi connectivity index (χ0) is 16.0. The van der Waals surface area contributed by atoms with Gasteiger partial charge in [0.2, 0.25) is 0 Å². The van der Waals surface area contributed by atoms with E-state index in [-0.39, 0.29) is 0 Å². The van der Waals surface area contributed by atoms with Crippen molar-refractivity contribution in [3.05, 3.63) is 83.4 Å². The van der Waals surface area contributed by atoms with Gasteiger partial charge in [-0.05, 0) is 58.0 Å². The van der Waals surface area contributed by atoms with Crippen LogP contribution in [0.4, 0.5) is 13.2 Å². The van der Waals surface area contributed by atoms with Gasteiger partial charge < -0.3 is 0 Å². The maximum absolute atomic E-state index is 12.7. The summed E-state index contributed by atoms with van der Waals surface area (Å²) in [5.41, 5.74) is 6.08. The molecular weight excluding hydrogens is 297 g/mol. The molecule has 0 aliphatic heterocycles. The van der Waals surface area contributed by atoms with Gasteiger partial charge in [-0.3, -0.25) is 0 Å². The molecule has 0 fully saturated rings. The fourth-order valence-electron chi connectivity index (χ4n) is 3.15. The Bertz CT molecular complexity index is 874. The molecule has 114 valence electrons. The number of hydrogen-bond acceptors (Lipinski definition) is 0. The lowest BCUT2D eigenvalue weighted by molar-refractivity contribution is -0.137. The molecule has 3 heteroatoms. The van der Waals surface area contributed by atoms with E-state index in [9.17, 15) is 13.2 Å². The van der Waals surface area contributed by atoms with Crippen molar-refractivity contribution in [2.45, 2.75) is 12.6 Å². The van der Waals surface area contributed by atoms with E-state index in [1.807, 2.05) is 18.2 Å².